The van der Waals surface area contributed by atoms with Crippen LogP contribution in [0.5, 0.6) is 0 Å². The molecule has 0 unspecified atom stereocenters. The summed E-state index contributed by atoms with van der Waals surface area (Å²) in [5.41, 5.74) is 7.16. The van der Waals surface area contributed by atoms with Crippen LogP contribution in [0.15, 0.2) is 6.07 Å². The van der Waals surface area contributed by atoms with Gasteiger partial charge in [0.05, 0.1) is 0 Å². The first kappa shape index (κ1) is 8.68. The molecule has 70 valence electrons. The van der Waals surface area contributed by atoms with E-state index in [2.05, 4.69) is 10.9 Å². The molecule has 0 aromatic carbocycles. The Bertz CT molecular complexity index is 311. The fourth-order valence-electron chi connectivity index (χ4n) is 1.36. The topological polar surface area (TPSA) is 61.4 Å². The Hall–Kier alpha value is -0.910. The quantitative estimate of drug-likeness (QED) is 0.618. The van der Waals surface area contributed by atoms with E-state index in [1.807, 2.05) is 0 Å². The van der Waals surface area contributed by atoms with Crippen molar-refractivity contribution in [2.45, 2.75) is 13.0 Å². The van der Waals surface area contributed by atoms with E-state index >= 15 is 0 Å². The summed E-state index contributed by atoms with van der Waals surface area (Å²) in [4.78, 5) is 12.3. The Morgan fingerprint density at radius 3 is 3.15 bits per heavy atom. The average Bonchev–Trinajstić information content (AvgIpc) is 2.38. The minimum absolute atomic E-state index is 0.439. The largest absolute Gasteiger partial charge is 0.477 e. The van der Waals surface area contributed by atoms with E-state index in [0.29, 0.717) is 11.4 Å². The molecule has 3 N–H and O–H groups in total. The van der Waals surface area contributed by atoms with Crippen molar-refractivity contribution in [1.29, 1.82) is 0 Å². The molecule has 0 fully saturated rings. The van der Waals surface area contributed by atoms with E-state index in [0.717, 1.165) is 18.5 Å². The minimum atomic E-state index is -0.828. The lowest BCUT2D eigenvalue weighted by Crippen LogP contribution is -2.30. The van der Waals surface area contributed by atoms with Gasteiger partial charge in [0.1, 0.15) is 4.88 Å². The first-order chi connectivity index (χ1) is 6.27. The lowest BCUT2D eigenvalue weighted by molar-refractivity contribution is 0.0702. The zero-order valence-electron chi connectivity index (χ0n) is 6.96. The molecule has 1 aromatic heterocycles. The lowest BCUT2D eigenvalue weighted by Gasteiger charge is -1.97. The zero-order chi connectivity index (χ0) is 9.26. The predicted molar refractivity (Wildman–Crippen MR) is 49.8 cm³/mol. The van der Waals surface area contributed by atoms with Crippen molar-refractivity contribution < 1.29 is 9.90 Å². The van der Waals surface area contributed by atoms with Crippen LogP contribution in [0, 0.1) is 0 Å². The molecule has 0 bridgehead atoms. The number of thiophene rings is 1. The summed E-state index contributed by atoms with van der Waals surface area (Å²) >= 11 is 1.38. The maximum atomic E-state index is 10.7. The van der Waals surface area contributed by atoms with Crippen molar-refractivity contribution in [3.63, 3.8) is 0 Å². The second kappa shape index (κ2) is 3.45. The molecule has 0 spiro atoms. The van der Waals surface area contributed by atoms with Crippen molar-refractivity contribution in [3.05, 3.63) is 21.4 Å². The van der Waals surface area contributed by atoms with Crippen molar-refractivity contribution in [2.75, 3.05) is 6.54 Å². The highest BCUT2D eigenvalue weighted by atomic mass is 32.1. The third-order valence-electron chi connectivity index (χ3n) is 1.99. The molecule has 0 atom stereocenters. The van der Waals surface area contributed by atoms with Gasteiger partial charge in [-0.3, -0.25) is 10.9 Å². The molecule has 13 heavy (non-hydrogen) atoms. The van der Waals surface area contributed by atoms with Crippen molar-refractivity contribution in [1.82, 2.24) is 10.9 Å². The first-order valence-corrected chi connectivity index (χ1v) is 4.89. The molecule has 0 aliphatic carbocycles. The Balaban J connectivity index is 2.32. The van der Waals surface area contributed by atoms with Crippen LogP contribution >= 0.6 is 11.3 Å². The highest BCUT2D eigenvalue weighted by Gasteiger charge is 2.14. The van der Waals surface area contributed by atoms with E-state index < -0.39 is 5.97 Å². The SMILES string of the molecule is O=C(O)c1cc2c(s1)CCNNC2. The number of aromatic carboxylic acids is 1. The Labute approximate surface area is 79.6 Å². The van der Waals surface area contributed by atoms with Gasteiger partial charge in [0.2, 0.25) is 0 Å². The van der Waals surface area contributed by atoms with Crippen LogP contribution in [0.4, 0.5) is 0 Å². The normalized spacial score (nSPS) is 16.3. The third-order valence-corrected chi connectivity index (χ3v) is 3.21. The summed E-state index contributed by atoms with van der Waals surface area (Å²) in [5, 5.41) is 8.78. The van der Waals surface area contributed by atoms with Gasteiger partial charge in [-0.2, -0.15) is 0 Å². The van der Waals surface area contributed by atoms with Gasteiger partial charge in [0, 0.05) is 18.0 Å². The van der Waals surface area contributed by atoms with Gasteiger partial charge in [-0.1, -0.05) is 0 Å². The average molecular weight is 198 g/mol. The highest BCUT2D eigenvalue weighted by Crippen LogP contribution is 2.23. The number of hydrazine groups is 1. The van der Waals surface area contributed by atoms with E-state index in [9.17, 15) is 4.79 Å². The molecule has 2 heterocycles. The predicted octanol–water partition coefficient (Wildman–Crippen LogP) is 0.597. The number of fused-ring (bicyclic) bond motifs is 1. The number of hydrogen-bond donors (Lipinski definition) is 3. The van der Waals surface area contributed by atoms with E-state index in [1.54, 1.807) is 6.07 Å². The maximum absolute atomic E-state index is 10.7. The molecular formula is C8H10N2O2S. The fraction of sp³-hybridized carbons (Fsp3) is 0.375. The van der Waals surface area contributed by atoms with E-state index in [1.165, 1.54) is 16.2 Å². The molecule has 2 rings (SSSR count). The fourth-order valence-corrected chi connectivity index (χ4v) is 2.38. The summed E-state index contributed by atoms with van der Waals surface area (Å²) < 4.78 is 0. The molecular weight excluding hydrogens is 188 g/mol. The number of carbonyl (C=O) groups is 1. The number of nitrogens with one attached hydrogen (secondary N) is 2. The van der Waals surface area contributed by atoms with E-state index in [4.69, 9.17) is 5.11 Å². The third kappa shape index (κ3) is 1.72. The summed E-state index contributed by atoms with van der Waals surface area (Å²) in [5.74, 6) is -0.828. The van der Waals surface area contributed by atoms with Gasteiger partial charge < -0.3 is 5.11 Å². The van der Waals surface area contributed by atoms with Crippen LogP contribution < -0.4 is 10.9 Å². The second-order valence-corrected chi connectivity index (χ2v) is 4.03. The van der Waals surface area contributed by atoms with Crippen LogP contribution in [0.25, 0.3) is 0 Å². The van der Waals surface area contributed by atoms with Crippen molar-refractivity contribution in [2.24, 2.45) is 0 Å². The van der Waals surface area contributed by atoms with Crippen LogP contribution in [-0.2, 0) is 13.0 Å². The standard InChI is InChI=1S/C8H10N2O2S/c11-8(12)7-3-5-4-10-9-2-1-6(5)13-7/h3,9-10H,1-2,4H2,(H,11,12). The number of carboxylic acids is 1. The number of carboxylic acid groups (broad SMARTS) is 1. The van der Waals surface area contributed by atoms with Crippen LogP contribution in [0.3, 0.4) is 0 Å². The molecule has 1 aromatic rings. The minimum Gasteiger partial charge on any atom is -0.477 e. The molecule has 1 aliphatic rings. The Kier molecular flexibility index (Phi) is 2.30. The first-order valence-electron chi connectivity index (χ1n) is 4.08. The molecule has 0 saturated heterocycles. The molecule has 1 aliphatic heterocycles. The molecule has 0 saturated carbocycles. The molecule has 0 amide bonds. The molecule has 4 nitrogen and oxygen atoms in total. The van der Waals surface area contributed by atoms with Gasteiger partial charge in [0.25, 0.3) is 0 Å². The zero-order valence-corrected chi connectivity index (χ0v) is 7.78. The maximum Gasteiger partial charge on any atom is 0.345 e. The van der Waals surface area contributed by atoms with Gasteiger partial charge in [-0.15, -0.1) is 11.3 Å². The summed E-state index contributed by atoms with van der Waals surface area (Å²) in [6.45, 7) is 1.56. The number of rotatable bonds is 1. The summed E-state index contributed by atoms with van der Waals surface area (Å²) in [6.07, 6.45) is 0.903. The summed E-state index contributed by atoms with van der Waals surface area (Å²) in [6, 6.07) is 1.75. The Morgan fingerprint density at radius 2 is 2.38 bits per heavy atom. The van der Waals surface area contributed by atoms with Gasteiger partial charge in [0.15, 0.2) is 0 Å². The van der Waals surface area contributed by atoms with Gasteiger partial charge in [-0.25, -0.2) is 4.79 Å². The van der Waals surface area contributed by atoms with Crippen molar-refractivity contribution in [3.8, 4) is 0 Å². The van der Waals surface area contributed by atoms with Crippen LogP contribution in [-0.4, -0.2) is 17.6 Å². The Morgan fingerprint density at radius 1 is 1.54 bits per heavy atom. The van der Waals surface area contributed by atoms with Gasteiger partial charge in [-0.05, 0) is 18.1 Å². The molecule has 5 heteroatoms. The number of hydrogen-bond acceptors (Lipinski definition) is 4. The lowest BCUT2D eigenvalue weighted by atomic mass is 10.2. The second-order valence-electron chi connectivity index (χ2n) is 2.89. The molecule has 0 radical (unpaired) electrons. The highest BCUT2D eigenvalue weighted by molar-refractivity contribution is 7.14. The van der Waals surface area contributed by atoms with Crippen LogP contribution in [0.2, 0.25) is 0 Å². The summed E-state index contributed by atoms with van der Waals surface area (Å²) in [7, 11) is 0. The van der Waals surface area contributed by atoms with Crippen molar-refractivity contribution >= 4 is 17.3 Å². The van der Waals surface area contributed by atoms with Crippen LogP contribution in [0.1, 0.15) is 20.1 Å². The smallest absolute Gasteiger partial charge is 0.345 e. The van der Waals surface area contributed by atoms with Gasteiger partial charge >= 0.3 is 5.97 Å². The monoisotopic (exact) mass is 198 g/mol. The van der Waals surface area contributed by atoms with E-state index in [-0.39, 0.29) is 0 Å².